The second-order valence-electron chi connectivity index (χ2n) is 3.17. The highest BCUT2D eigenvalue weighted by molar-refractivity contribution is 4.76. The summed E-state index contributed by atoms with van der Waals surface area (Å²) in [6.07, 6.45) is 0.158. The predicted molar refractivity (Wildman–Crippen MR) is 41.1 cm³/mol. The van der Waals surface area contributed by atoms with Gasteiger partial charge >= 0.3 is 0 Å². The van der Waals surface area contributed by atoms with Gasteiger partial charge in [-0.05, 0) is 6.92 Å². The minimum absolute atomic E-state index is 0.0868. The molecule has 0 aromatic rings. The second kappa shape index (κ2) is 3.52. The fourth-order valence-electron chi connectivity index (χ4n) is 1.30. The Balaban J connectivity index is 2.47. The van der Waals surface area contributed by atoms with E-state index in [1.807, 2.05) is 13.8 Å². The van der Waals surface area contributed by atoms with Crippen LogP contribution < -0.4 is 0 Å². The molecular weight excluding hydrogens is 144 g/mol. The van der Waals surface area contributed by atoms with Crippen LogP contribution in [0, 0.1) is 5.92 Å². The monoisotopic (exact) mass is 160 g/mol. The molecule has 3 nitrogen and oxygen atoms in total. The van der Waals surface area contributed by atoms with Crippen LogP contribution in [0.4, 0.5) is 0 Å². The van der Waals surface area contributed by atoms with Crippen LogP contribution in [0.25, 0.3) is 0 Å². The molecule has 1 N–H and O–H groups in total. The number of rotatable bonds is 1. The number of aliphatic hydroxyl groups excluding tert-OH is 1. The van der Waals surface area contributed by atoms with Gasteiger partial charge in [-0.3, -0.25) is 0 Å². The topological polar surface area (TPSA) is 38.7 Å². The van der Waals surface area contributed by atoms with E-state index in [1.54, 1.807) is 7.11 Å². The van der Waals surface area contributed by atoms with Crippen molar-refractivity contribution in [3.05, 3.63) is 0 Å². The molecule has 1 fully saturated rings. The Morgan fingerprint density at radius 3 is 2.55 bits per heavy atom. The maximum absolute atomic E-state index is 9.49. The van der Waals surface area contributed by atoms with Crippen molar-refractivity contribution in [3.8, 4) is 0 Å². The van der Waals surface area contributed by atoms with Crippen molar-refractivity contribution in [1.82, 2.24) is 0 Å². The molecule has 4 atom stereocenters. The Bertz CT molecular complexity index is 115. The summed E-state index contributed by atoms with van der Waals surface area (Å²) in [6.45, 7) is 3.94. The summed E-state index contributed by atoms with van der Waals surface area (Å²) in [6, 6.07) is 0. The Morgan fingerprint density at radius 1 is 1.45 bits per heavy atom. The van der Waals surface area contributed by atoms with Crippen LogP contribution in [0.5, 0.6) is 0 Å². The van der Waals surface area contributed by atoms with Crippen molar-refractivity contribution in [2.24, 2.45) is 5.92 Å². The number of ether oxygens (including phenoxy) is 2. The molecule has 0 aromatic heterocycles. The van der Waals surface area contributed by atoms with E-state index in [4.69, 9.17) is 9.47 Å². The molecule has 1 aliphatic rings. The van der Waals surface area contributed by atoms with Crippen LogP contribution in [-0.2, 0) is 9.47 Å². The third-order valence-electron chi connectivity index (χ3n) is 2.41. The Morgan fingerprint density at radius 2 is 2.09 bits per heavy atom. The van der Waals surface area contributed by atoms with Crippen molar-refractivity contribution >= 4 is 0 Å². The molecule has 1 heterocycles. The Hall–Kier alpha value is -0.120. The van der Waals surface area contributed by atoms with E-state index in [9.17, 15) is 5.11 Å². The van der Waals surface area contributed by atoms with Gasteiger partial charge in [-0.1, -0.05) is 6.92 Å². The molecule has 0 saturated carbocycles. The number of methoxy groups -OCH3 is 1. The summed E-state index contributed by atoms with van der Waals surface area (Å²) in [5, 5.41) is 9.49. The van der Waals surface area contributed by atoms with Gasteiger partial charge in [0.1, 0.15) is 0 Å². The summed E-state index contributed by atoms with van der Waals surface area (Å²) in [5.41, 5.74) is 0. The van der Waals surface area contributed by atoms with Crippen molar-refractivity contribution in [1.29, 1.82) is 0 Å². The summed E-state index contributed by atoms with van der Waals surface area (Å²) in [4.78, 5) is 0. The third kappa shape index (κ3) is 1.92. The standard InChI is InChI=1S/C8H16O3/c1-5-6(2)11-8(10-3)4-7(5)9/h5-9H,4H2,1-3H3/t5-,6-,7-,8+/m0/s1. The molecule has 3 heteroatoms. The Labute approximate surface area is 67.3 Å². The molecule has 0 bridgehead atoms. The van der Waals surface area contributed by atoms with Crippen LogP contribution >= 0.6 is 0 Å². The van der Waals surface area contributed by atoms with Crippen molar-refractivity contribution in [2.75, 3.05) is 7.11 Å². The largest absolute Gasteiger partial charge is 0.393 e. The van der Waals surface area contributed by atoms with Gasteiger partial charge in [-0.2, -0.15) is 0 Å². The van der Waals surface area contributed by atoms with Crippen LogP contribution in [-0.4, -0.2) is 30.7 Å². The van der Waals surface area contributed by atoms with Crippen LogP contribution in [0.15, 0.2) is 0 Å². The quantitative estimate of drug-likeness (QED) is 0.615. The van der Waals surface area contributed by atoms with Gasteiger partial charge < -0.3 is 14.6 Å². The molecule has 66 valence electrons. The number of aliphatic hydroxyl groups is 1. The molecule has 1 aliphatic heterocycles. The minimum atomic E-state index is -0.288. The summed E-state index contributed by atoms with van der Waals surface area (Å²) in [7, 11) is 1.60. The van der Waals surface area contributed by atoms with Gasteiger partial charge in [0, 0.05) is 19.4 Å². The van der Waals surface area contributed by atoms with Gasteiger partial charge in [0.15, 0.2) is 6.29 Å². The number of hydrogen-bond donors (Lipinski definition) is 1. The molecule has 0 aromatic carbocycles. The molecule has 1 saturated heterocycles. The zero-order valence-corrected chi connectivity index (χ0v) is 7.28. The van der Waals surface area contributed by atoms with Crippen molar-refractivity contribution < 1.29 is 14.6 Å². The van der Waals surface area contributed by atoms with Crippen LogP contribution in [0.2, 0.25) is 0 Å². The summed E-state index contributed by atoms with van der Waals surface area (Å²) >= 11 is 0. The highest BCUT2D eigenvalue weighted by Gasteiger charge is 2.31. The average molecular weight is 160 g/mol. The smallest absolute Gasteiger partial charge is 0.160 e. The van der Waals surface area contributed by atoms with Gasteiger partial charge in [-0.15, -0.1) is 0 Å². The normalized spacial score (nSPS) is 45.8. The molecule has 11 heavy (non-hydrogen) atoms. The Kier molecular flexibility index (Phi) is 2.87. The van der Waals surface area contributed by atoms with Crippen LogP contribution in [0.3, 0.4) is 0 Å². The first-order valence-corrected chi connectivity index (χ1v) is 4.01. The first-order chi connectivity index (χ1) is 5.15. The zero-order valence-electron chi connectivity index (χ0n) is 7.28. The first kappa shape index (κ1) is 8.97. The lowest BCUT2D eigenvalue weighted by Crippen LogP contribution is -2.41. The maximum atomic E-state index is 9.49. The zero-order chi connectivity index (χ0) is 8.43. The van der Waals surface area contributed by atoms with Crippen molar-refractivity contribution in [2.45, 2.75) is 38.8 Å². The van der Waals surface area contributed by atoms with Gasteiger partial charge in [0.05, 0.1) is 12.2 Å². The first-order valence-electron chi connectivity index (χ1n) is 4.01. The molecule has 0 aliphatic carbocycles. The van der Waals surface area contributed by atoms with E-state index in [2.05, 4.69) is 0 Å². The molecule has 0 unspecified atom stereocenters. The van der Waals surface area contributed by atoms with E-state index in [0.717, 1.165) is 0 Å². The van der Waals surface area contributed by atoms with Gasteiger partial charge in [0.25, 0.3) is 0 Å². The van der Waals surface area contributed by atoms with Gasteiger partial charge in [-0.25, -0.2) is 0 Å². The maximum Gasteiger partial charge on any atom is 0.160 e. The van der Waals surface area contributed by atoms with E-state index in [0.29, 0.717) is 6.42 Å². The lowest BCUT2D eigenvalue weighted by atomic mass is 9.94. The second-order valence-corrected chi connectivity index (χ2v) is 3.17. The molecule has 1 rings (SSSR count). The lowest BCUT2D eigenvalue weighted by Gasteiger charge is -2.35. The fourth-order valence-corrected chi connectivity index (χ4v) is 1.30. The minimum Gasteiger partial charge on any atom is -0.393 e. The van der Waals surface area contributed by atoms with Crippen LogP contribution in [0.1, 0.15) is 20.3 Å². The highest BCUT2D eigenvalue weighted by atomic mass is 16.7. The average Bonchev–Trinajstić information content (AvgIpc) is 1.99. The van der Waals surface area contributed by atoms with E-state index < -0.39 is 0 Å². The van der Waals surface area contributed by atoms with Crippen molar-refractivity contribution in [3.63, 3.8) is 0 Å². The molecule has 0 spiro atoms. The third-order valence-corrected chi connectivity index (χ3v) is 2.41. The highest BCUT2D eigenvalue weighted by Crippen LogP contribution is 2.24. The van der Waals surface area contributed by atoms with E-state index in [-0.39, 0.29) is 24.4 Å². The lowest BCUT2D eigenvalue weighted by molar-refractivity contribution is -0.218. The van der Waals surface area contributed by atoms with E-state index in [1.165, 1.54) is 0 Å². The summed E-state index contributed by atoms with van der Waals surface area (Å²) in [5.74, 6) is 0.210. The summed E-state index contributed by atoms with van der Waals surface area (Å²) < 4.78 is 10.4. The fraction of sp³-hybridized carbons (Fsp3) is 1.00. The van der Waals surface area contributed by atoms with Gasteiger partial charge in [0.2, 0.25) is 0 Å². The SMILES string of the molecule is CO[C@H]1C[C@H](O)[C@@H](C)[C@H](C)O1. The molecular formula is C8H16O3. The van der Waals surface area contributed by atoms with E-state index >= 15 is 0 Å². The molecule has 0 radical (unpaired) electrons. The molecule has 0 amide bonds. The number of hydrogen-bond acceptors (Lipinski definition) is 3. The predicted octanol–water partition coefficient (Wildman–Crippen LogP) is 0.765.